The highest BCUT2D eigenvalue weighted by molar-refractivity contribution is 5.95. The molecular formula is C13H14F3NO4. The van der Waals surface area contributed by atoms with Gasteiger partial charge in [-0.05, 0) is 19.1 Å². The average Bonchev–Trinajstić information content (AvgIpc) is 2.33. The topological polar surface area (TPSA) is 86.6 Å². The Labute approximate surface area is 118 Å². The summed E-state index contributed by atoms with van der Waals surface area (Å²) in [6, 6.07) is 4.20. The number of rotatable bonds is 5. The Kier molecular flexibility index (Phi) is 4.95. The smallest absolute Gasteiger partial charge is 0.417 e. The van der Waals surface area contributed by atoms with E-state index in [1.54, 1.807) is 0 Å². The third kappa shape index (κ3) is 5.07. The number of nitrogens with one attached hydrogen (secondary N) is 1. The number of benzene rings is 1. The van der Waals surface area contributed by atoms with Crippen LogP contribution in [0.5, 0.6) is 0 Å². The van der Waals surface area contributed by atoms with Crippen molar-refractivity contribution in [3.05, 3.63) is 35.4 Å². The molecule has 1 rings (SSSR count). The summed E-state index contributed by atoms with van der Waals surface area (Å²) in [4.78, 5) is 22.3. The van der Waals surface area contributed by atoms with Crippen LogP contribution in [0.15, 0.2) is 24.3 Å². The number of alkyl halides is 3. The van der Waals surface area contributed by atoms with Gasteiger partial charge < -0.3 is 15.5 Å². The zero-order valence-electron chi connectivity index (χ0n) is 11.1. The van der Waals surface area contributed by atoms with Gasteiger partial charge in [0, 0.05) is 6.54 Å². The molecule has 1 aromatic carbocycles. The normalized spacial score (nSPS) is 14.3. The fraction of sp³-hybridized carbons (Fsp3) is 0.385. The molecule has 8 heteroatoms. The van der Waals surface area contributed by atoms with Gasteiger partial charge >= 0.3 is 12.1 Å². The molecule has 1 amide bonds. The first-order valence-electron chi connectivity index (χ1n) is 5.91. The first-order valence-corrected chi connectivity index (χ1v) is 5.91. The van der Waals surface area contributed by atoms with Gasteiger partial charge in [0.2, 0.25) is 0 Å². The molecule has 116 valence electrons. The number of amides is 1. The third-order valence-corrected chi connectivity index (χ3v) is 2.64. The summed E-state index contributed by atoms with van der Waals surface area (Å²) in [5.41, 5.74) is -3.44. The van der Waals surface area contributed by atoms with Crippen molar-refractivity contribution in [3.8, 4) is 0 Å². The lowest BCUT2D eigenvalue weighted by atomic mass is 10.0. The number of aliphatic hydroxyl groups is 1. The first kappa shape index (κ1) is 17.0. The largest absolute Gasteiger partial charge is 0.481 e. The summed E-state index contributed by atoms with van der Waals surface area (Å²) in [7, 11) is 0. The number of carbonyl (C=O) groups excluding carboxylic acids is 1. The van der Waals surface area contributed by atoms with E-state index in [9.17, 15) is 27.9 Å². The second kappa shape index (κ2) is 6.13. The van der Waals surface area contributed by atoms with E-state index in [1.165, 1.54) is 6.07 Å². The molecule has 0 aliphatic heterocycles. The number of hydrogen-bond donors (Lipinski definition) is 3. The Morgan fingerprint density at radius 3 is 2.33 bits per heavy atom. The highest BCUT2D eigenvalue weighted by Crippen LogP contribution is 2.31. The molecule has 0 spiro atoms. The van der Waals surface area contributed by atoms with Crippen LogP contribution in [0.25, 0.3) is 0 Å². The van der Waals surface area contributed by atoms with Crippen LogP contribution in [-0.2, 0) is 11.0 Å². The van der Waals surface area contributed by atoms with Gasteiger partial charge in [-0.2, -0.15) is 13.2 Å². The number of carbonyl (C=O) groups is 2. The second-order valence-electron chi connectivity index (χ2n) is 4.79. The van der Waals surface area contributed by atoms with Gasteiger partial charge in [-0.3, -0.25) is 9.59 Å². The zero-order valence-corrected chi connectivity index (χ0v) is 11.1. The lowest BCUT2D eigenvalue weighted by Crippen LogP contribution is -2.42. The molecule has 0 radical (unpaired) electrons. The Hall–Kier alpha value is -2.09. The van der Waals surface area contributed by atoms with Crippen LogP contribution < -0.4 is 5.32 Å². The van der Waals surface area contributed by atoms with E-state index >= 15 is 0 Å². The van der Waals surface area contributed by atoms with Crippen molar-refractivity contribution in [2.24, 2.45) is 0 Å². The summed E-state index contributed by atoms with van der Waals surface area (Å²) in [5, 5.41) is 20.4. The summed E-state index contributed by atoms with van der Waals surface area (Å²) in [6.07, 6.45) is -5.33. The van der Waals surface area contributed by atoms with Crippen molar-refractivity contribution in [1.82, 2.24) is 5.32 Å². The highest BCUT2D eigenvalue weighted by Gasteiger charge is 2.35. The summed E-state index contributed by atoms with van der Waals surface area (Å²) < 4.78 is 38.2. The van der Waals surface area contributed by atoms with Crippen molar-refractivity contribution in [2.75, 3.05) is 6.54 Å². The Balaban J connectivity index is 2.84. The number of aliphatic carboxylic acids is 1. The third-order valence-electron chi connectivity index (χ3n) is 2.64. The summed E-state index contributed by atoms with van der Waals surface area (Å²) in [6.45, 7) is 0.682. The molecule has 0 bridgehead atoms. The predicted molar refractivity (Wildman–Crippen MR) is 66.7 cm³/mol. The van der Waals surface area contributed by atoms with Crippen LogP contribution in [0.3, 0.4) is 0 Å². The molecule has 0 saturated heterocycles. The minimum absolute atomic E-state index is 0.482. The van der Waals surface area contributed by atoms with Crippen LogP contribution >= 0.6 is 0 Å². The van der Waals surface area contributed by atoms with E-state index in [4.69, 9.17) is 5.11 Å². The minimum Gasteiger partial charge on any atom is -0.481 e. The molecule has 0 saturated carbocycles. The SMILES string of the molecule is CC(O)(CNC(=O)c1ccccc1C(F)(F)F)CC(=O)O. The molecule has 1 unspecified atom stereocenters. The maximum Gasteiger partial charge on any atom is 0.417 e. The van der Waals surface area contributed by atoms with Crippen molar-refractivity contribution in [1.29, 1.82) is 0 Å². The number of carboxylic acids is 1. The van der Waals surface area contributed by atoms with Crippen LogP contribution in [0.2, 0.25) is 0 Å². The van der Waals surface area contributed by atoms with E-state index in [-0.39, 0.29) is 0 Å². The first-order chi connectivity index (χ1) is 9.53. The molecule has 5 nitrogen and oxygen atoms in total. The van der Waals surface area contributed by atoms with Crippen LogP contribution in [0.4, 0.5) is 13.2 Å². The van der Waals surface area contributed by atoms with E-state index in [0.717, 1.165) is 25.1 Å². The number of carboxylic acid groups (broad SMARTS) is 1. The molecule has 0 aromatic heterocycles. The zero-order chi connectivity index (χ0) is 16.3. The lowest BCUT2D eigenvalue weighted by Gasteiger charge is -2.22. The monoisotopic (exact) mass is 305 g/mol. The quantitative estimate of drug-likeness (QED) is 0.772. The van der Waals surface area contributed by atoms with Gasteiger partial charge in [0.05, 0.1) is 23.1 Å². The van der Waals surface area contributed by atoms with Crippen LogP contribution in [0, 0.1) is 0 Å². The molecule has 0 aliphatic rings. The van der Waals surface area contributed by atoms with E-state index in [2.05, 4.69) is 5.32 Å². The summed E-state index contributed by atoms with van der Waals surface area (Å²) >= 11 is 0. The summed E-state index contributed by atoms with van der Waals surface area (Å²) in [5.74, 6) is -2.32. The van der Waals surface area contributed by atoms with Crippen molar-refractivity contribution >= 4 is 11.9 Å². The Morgan fingerprint density at radius 2 is 1.81 bits per heavy atom. The molecule has 0 aliphatic carbocycles. The Bertz CT molecular complexity index is 540. The molecular weight excluding hydrogens is 291 g/mol. The van der Waals surface area contributed by atoms with Gasteiger partial charge in [-0.25, -0.2) is 0 Å². The van der Waals surface area contributed by atoms with Gasteiger partial charge in [-0.15, -0.1) is 0 Å². The van der Waals surface area contributed by atoms with E-state index in [1.807, 2.05) is 0 Å². The van der Waals surface area contributed by atoms with Gasteiger partial charge in [-0.1, -0.05) is 12.1 Å². The standard InChI is InChI=1S/C13H14F3NO4/c1-12(21,6-10(18)19)7-17-11(20)8-4-2-3-5-9(8)13(14,15)16/h2-5,21H,6-7H2,1H3,(H,17,20)(H,18,19). The van der Waals surface area contributed by atoms with E-state index < -0.39 is 47.7 Å². The fourth-order valence-electron chi connectivity index (χ4n) is 1.68. The molecule has 1 atom stereocenters. The highest BCUT2D eigenvalue weighted by atomic mass is 19.4. The average molecular weight is 305 g/mol. The maximum absolute atomic E-state index is 12.7. The van der Waals surface area contributed by atoms with Gasteiger partial charge in [0.15, 0.2) is 0 Å². The molecule has 0 fully saturated rings. The van der Waals surface area contributed by atoms with Crippen LogP contribution in [0.1, 0.15) is 29.3 Å². The second-order valence-corrected chi connectivity index (χ2v) is 4.79. The number of hydrogen-bond acceptors (Lipinski definition) is 3. The fourth-order valence-corrected chi connectivity index (χ4v) is 1.68. The molecule has 3 N–H and O–H groups in total. The predicted octanol–water partition coefficient (Wildman–Crippen LogP) is 1.66. The van der Waals surface area contributed by atoms with Crippen molar-refractivity contribution in [2.45, 2.75) is 25.1 Å². The molecule has 0 heterocycles. The van der Waals surface area contributed by atoms with Crippen LogP contribution in [-0.4, -0.2) is 34.2 Å². The van der Waals surface area contributed by atoms with Crippen molar-refractivity contribution in [3.63, 3.8) is 0 Å². The van der Waals surface area contributed by atoms with Gasteiger partial charge in [0.25, 0.3) is 5.91 Å². The molecule has 21 heavy (non-hydrogen) atoms. The number of halogens is 3. The maximum atomic E-state index is 12.7. The van der Waals surface area contributed by atoms with Gasteiger partial charge in [0.1, 0.15) is 0 Å². The lowest BCUT2D eigenvalue weighted by molar-refractivity contribution is -0.141. The van der Waals surface area contributed by atoms with Crippen molar-refractivity contribution < 1.29 is 33.0 Å². The molecule has 1 aromatic rings. The Morgan fingerprint density at radius 1 is 1.24 bits per heavy atom. The van der Waals surface area contributed by atoms with E-state index in [0.29, 0.717) is 0 Å². The minimum atomic E-state index is -4.68.